The van der Waals surface area contributed by atoms with Crippen molar-refractivity contribution in [1.29, 1.82) is 0 Å². The fourth-order valence-corrected chi connectivity index (χ4v) is 4.12. The first-order valence-corrected chi connectivity index (χ1v) is 9.70. The number of nitrogens with zero attached hydrogens (tertiary/aromatic N) is 1. The van der Waals surface area contributed by atoms with Crippen LogP contribution >= 0.6 is 12.2 Å². The molecule has 2 aromatic rings. The first-order chi connectivity index (χ1) is 12.6. The fraction of sp³-hybridized carbons (Fsp3) is 0.409. The Bertz CT molecular complexity index is 802. The van der Waals surface area contributed by atoms with Crippen LogP contribution in [0.15, 0.2) is 41.4 Å². The van der Waals surface area contributed by atoms with Crippen LogP contribution in [0.1, 0.15) is 56.9 Å². The Balaban J connectivity index is 1.76. The molecule has 1 aliphatic carbocycles. The molecule has 0 aliphatic heterocycles. The van der Waals surface area contributed by atoms with Gasteiger partial charge in [-0.25, -0.2) is 8.78 Å². The third kappa shape index (κ3) is 4.25. The summed E-state index contributed by atoms with van der Waals surface area (Å²) in [5, 5.41) is 2.07. The van der Waals surface area contributed by atoms with Gasteiger partial charge >= 0.3 is 0 Å². The van der Waals surface area contributed by atoms with Crippen LogP contribution in [0.2, 0.25) is 0 Å². The molecule has 3 rings (SSSR count). The lowest BCUT2D eigenvalue weighted by molar-refractivity contribution is 0.308. The van der Waals surface area contributed by atoms with Crippen molar-refractivity contribution in [2.75, 3.05) is 0 Å². The van der Waals surface area contributed by atoms with Crippen LogP contribution in [0.25, 0.3) is 11.1 Å². The van der Waals surface area contributed by atoms with Crippen LogP contribution in [0.3, 0.4) is 0 Å². The van der Waals surface area contributed by atoms with Gasteiger partial charge in [-0.3, -0.25) is 0 Å². The predicted molar refractivity (Wildman–Crippen MR) is 106 cm³/mol. The molecule has 136 valence electrons. The van der Waals surface area contributed by atoms with Gasteiger partial charge in [-0.2, -0.15) is 4.99 Å². The molecule has 0 aromatic heterocycles. The van der Waals surface area contributed by atoms with E-state index in [2.05, 4.69) is 41.4 Å². The maximum absolute atomic E-state index is 14.3. The van der Waals surface area contributed by atoms with E-state index < -0.39 is 11.6 Å². The molecule has 0 saturated heterocycles. The van der Waals surface area contributed by atoms with Gasteiger partial charge in [0, 0.05) is 11.6 Å². The van der Waals surface area contributed by atoms with Crippen LogP contribution in [-0.4, -0.2) is 5.16 Å². The highest BCUT2D eigenvalue weighted by atomic mass is 32.1. The molecule has 0 unspecified atom stereocenters. The van der Waals surface area contributed by atoms with Crippen LogP contribution in [0.5, 0.6) is 0 Å². The number of thiocarbonyl (C=S) groups is 1. The molecule has 0 radical (unpaired) electrons. The maximum atomic E-state index is 14.3. The Morgan fingerprint density at radius 2 is 1.73 bits per heavy atom. The monoisotopic (exact) mass is 371 g/mol. The fourth-order valence-electron chi connectivity index (χ4n) is 4.02. The van der Waals surface area contributed by atoms with Crippen LogP contribution in [0, 0.1) is 17.6 Å². The van der Waals surface area contributed by atoms with Crippen molar-refractivity contribution in [3.8, 4) is 11.1 Å². The van der Waals surface area contributed by atoms with Crippen molar-refractivity contribution in [1.82, 2.24) is 0 Å². The van der Waals surface area contributed by atoms with Crippen molar-refractivity contribution in [2.24, 2.45) is 10.9 Å². The minimum atomic E-state index is -0.600. The van der Waals surface area contributed by atoms with E-state index in [0.717, 1.165) is 12.0 Å². The second-order valence-corrected chi connectivity index (χ2v) is 7.30. The second-order valence-electron chi connectivity index (χ2n) is 7.11. The summed E-state index contributed by atoms with van der Waals surface area (Å²) in [6, 6.07) is 10.1. The minimum Gasteiger partial charge on any atom is -0.206 e. The lowest BCUT2D eigenvalue weighted by Gasteiger charge is -2.28. The molecule has 0 heterocycles. The Hall–Kier alpha value is -1.90. The Kier molecular flexibility index (Phi) is 6.29. The van der Waals surface area contributed by atoms with E-state index in [4.69, 9.17) is 0 Å². The lowest BCUT2D eigenvalue weighted by Crippen LogP contribution is -2.13. The Morgan fingerprint density at radius 1 is 1.04 bits per heavy atom. The topological polar surface area (TPSA) is 12.4 Å². The highest BCUT2D eigenvalue weighted by Crippen LogP contribution is 2.38. The summed E-state index contributed by atoms with van der Waals surface area (Å²) in [6.07, 6.45) is 7.62. The highest BCUT2D eigenvalue weighted by Gasteiger charge is 2.22. The molecule has 0 bridgehead atoms. The molecular weight excluding hydrogens is 348 g/mol. The molecule has 0 amide bonds. The maximum Gasteiger partial charge on any atom is 0.150 e. The smallest absolute Gasteiger partial charge is 0.150 e. The standard InChI is InChI=1S/C22H23F2NS/c1-2-3-15-4-6-16(7-5-15)17-8-10-18(11-9-17)19-12-21(24)22(25-14-26)13-20(19)23/h8-13,15-16H,2-7H2,1H3. The van der Waals surface area contributed by atoms with Crippen molar-refractivity contribution < 1.29 is 8.78 Å². The summed E-state index contributed by atoms with van der Waals surface area (Å²) >= 11 is 4.46. The molecule has 4 heteroatoms. The summed E-state index contributed by atoms with van der Waals surface area (Å²) in [6.45, 7) is 2.25. The van der Waals surface area contributed by atoms with Gasteiger partial charge in [-0.05, 0) is 66.9 Å². The summed E-state index contributed by atoms with van der Waals surface area (Å²) in [7, 11) is 0. The number of isothiocyanates is 1. The normalized spacial score (nSPS) is 19.8. The van der Waals surface area contributed by atoms with Crippen molar-refractivity contribution in [2.45, 2.75) is 51.4 Å². The van der Waals surface area contributed by atoms with Crippen LogP contribution < -0.4 is 0 Å². The summed E-state index contributed by atoms with van der Waals surface area (Å²) in [5.41, 5.74) is 2.08. The molecule has 1 nitrogen and oxygen atoms in total. The molecule has 2 aromatic carbocycles. The van der Waals surface area contributed by atoms with Crippen molar-refractivity contribution >= 4 is 23.1 Å². The SMILES string of the molecule is CCCC1CCC(c2ccc(-c3cc(F)c(N=C=S)cc3F)cc2)CC1. The third-order valence-corrected chi connectivity index (χ3v) is 5.53. The average Bonchev–Trinajstić information content (AvgIpc) is 2.66. The van der Waals surface area contributed by atoms with Crippen molar-refractivity contribution in [3.63, 3.8) is 0 Å². The first kappa shape index (κ1) is 18.9. The Morgan fingerprint density at radius 3 is 2.35 bits per heavy atom. The predicted octanol–water partition coefficient (Wildman–Crippen LogP) is 7.44. The van der Waals surface area contributed by atoms with Gasteiger partial charge in [0.15, 0.2) is 0 Å². The minimum absolute atomic E-state index is 0.123. The molecule has 0 atom stereocenters. The largest absolute Gasteiger partial charge is 0.206 e. The number of hydrogen-bond acceptors (Lipinski definition) is 2. The van der Waals surface area contributed by atoms with E-state index in [1.165, 1.54) is 50.2 Å². The molecular formula is C22H23F2NS. The molecule has 0 N–H and O–H groups in total. The lowest BCUT2D eigenvalue weighted by atomic mass is 9.77. The van der Waals surface area contributed by atoms with Gasteiger partial charge in [0.1, 0.15) is 17.3 Å². The van der Waals surface area contributed by atoms with E-state index in [-0.39, 0.29) is 11.3 Å². The van der Waals surface area contributed by atoms with Crippen LogP contribution in [0.4, 0.5) is 14.5 Å². The third-order valence-electron chi connectivity index (χ3n) is 5.44. The Labute approximate surface area is 159 Å². The summed E-state index contributed by atoms with van der Waals surface area (Å²) < 4.78 is 28.3. The summed E-state index contributed by atoms with van der Waals surface area (Å²) in [4.78, 5) is 3.55. The molecule has 1 saturated carbocycles. The van der Waals surface area contributed by atoms with Gasteiger partial charge in [0.05, 0.1) is 5.16 Å². The zero-order valence-corrected chi connectivity index (χ0v) is 15.8. The number of hydrogen-bond donors (Lipinski definition) is 0. The average molecular weight is 371 g/mol. The first-order valence-electron chi connectivity index (χ1n) is 9.29. The quantitative estimate of drug-likeness (QED) is 0.393. The van der Waals surface area contributed by atoms with E-state index in [9.17, 15) is 8.78 Å². The van der Waals surface area contributed by atoms with Gasteiger partial charge in [0.2, 0.25) is 0 Å². The zero-order valence-electron chi connectivity index (χ0n) is 15.0. The number of aliphatic imine (C=N–C) groups is 1. The molecule has 26 heavy (non-hydrogen) atoms. The van der Waals surface area contributed by atoms with E-state index in [1.54, 1.807) is 0 Å². The number of benzene rings is 2. The van der Waals surface area contributed by atoms with Gasteiger partial charge in [0.25, 0.3) is 0 Å². The van der Waals surface area contributed by atoms with E-state index in [0.29, 0.717) is 11.5 Å². The second kappa shape index (κ2) is 8.66. The highest BCUT2D eigenvalue weighted by molar-refractivity contribution is 7.78. The zero-order chi connectivity index (χ0) is 18.5. The number of rotatable bonds is 5. The van der Waals surface area contributed by atoms with Crippen molar-refractivity contribution in [3.05, 3.63) is 53.6 Å². The van der Waals surface area contributed by atoms with Crippen LogP contribution in [-0.2, 0) is 0 Å². The summed E-state index contributed by atoms with van der Waals surface area (Å²) in [5.74, 6) is 0.347. The van der Waals surface area contributed by atoms with Gasteiger partial charge in [-0.15, -0.1) is 0 Å². The van der Waals surface area contributed by atoms with E-state index >= 15 is 0 Å². The van der Waals surface area contributed by atoms with Gasteiger partial charge in [-0.1, -0.05) is 44.0 Å². The van der Waals surface area contributed by atoms with E-state index in [1.807, 2.05) is 12.1 Å². The number of halogens is 2. The molecule has 0 spiro atoms. The molecule has 1 aliphatic rings. The molecule has 1 fully saturated rings. The van der Waals surface area contributed by atoms with Gasteiger partial charge < -0.3 is 0 Å².